The van der Waals surface area contributed by atoms with Crippen LogP contribution in [0.3, 0.4) is 0 Å². The summed E-state index contributed by atoms with van der Waals surface area (Å²) in [5.41, 5.74) is 2.34. The van der Waals surface area contributed by atoms with E-state index in [0.29, 0.717) is 12.3 Å². The molecule has 1 aromatic heterocycles. The van der Waals surface area contributed by atoms with Crippen molar-refractivity contribution in [2.24, 2.45) is 0 Å². The molecule has 0 atom stereocenters. The van der Waals surface area contributed by atoms with E-state index in [0.717, 1.165) is 12.1 Å². The number of rotatable bonds is 5. The molecular weight excluding hydrogens is 240 g/mol. The van der Waals surface area contributed by atoms with Crippen molar-refractivity contribution in [1.82, 2.24) is 10.2 Å². The average molecular weight is 258 g/mol. The van der Waals surface area contributed by atoms with E-state index < -0.39 is 0 Å². The molecule has 4 nitrogen and oxygen atoms in total. The number of hydrogen-bond acceptors (Lipinski definition) is 3. The van der Waals surface area contributed by atoms with E-state index in [1.807, 2.05) is 32.3 Å². The summed E-state index contributed by atoms with van der Waals surface area (Å²) in [7, 11) is 4.05. The molecule has 1 amide bonds. The van der Waals surface area contributed by atoms with E-state index in [4.69, 9.17) is 4.42 Å². The monoisotopic (exact) mass is 258 g/mol. The summed E-state index contributed by atoms with van der Waals surface area (Å²) < 4.78 is 5.06. The van der Waals surface area contributed by atoms with Gasteiger partial charge in [0.05, 0.1) is 6.26 Å². The molecule has 0 saturated carbocycles. The molecule has 2 rings (SSSR count). The third-order valence-electron chi connectivity index (χ3n) is 2.79. The van der Waals surface area contributed by atoms with Crippen molar-refractivity contribution in [2.45, 2.75) is 13.1 Å². The highest BCUT2D eigenvalue weighted by Gasteiger charge is 2.09. The molecule has 1 heterocycles. The fraction of sp³-hybridized carbons (Fsp3) is 0.267. The second-order valence-corrected chi connectivity index (χ2v) is 4.67. The Kier molecular flexibility index (Phi) is 4.36. The van der Waals surface area contributed by atoms with Gasteiger partial charge >= 0.3 is 0 Å². The molecule has 2 aromatic rings. The number of carbonyl (C=O) groups is 1. The smallest absolute Gasteiger partial charge is 0.287 e. The molecule has 0 spiro atoms. The first-order valence-electron chi connectivity index (χ1n) is 6.20. The van der Waals surface area contributed by atoms with E-state index >= 15 is 0 Å². The molecule has 0 radical (unpaired) electrons. The summed E-state index contributed by atoms with van der Waals surface area (Å²) in [5, 5.41) is 2.86. The lowest BCUT2D eigenvalue weighted by Gasteiger charge is -2.14. The van der Waals surface area contributed by atoms with Crippen molar-refractivity contribution in [3.63, 3.8) is 0 Å². The Bertz CT molecular complexity index is 533. The molecule has 0 aliphatic carbocycles. The van der Waals surface area contributed by atoms with Crippen molar-refractivity contribution >= 4 is 5.91 Å². The predicted molar refractivity (Wildman–Crippen MR) is 73.7 cm³/mol. The van der Waals surface area contributed by atoms with E-state index in [2.05, 4.69) is 16.3 Å². The predicted octanol–water partition coefficient (Wildman–Crippen LogP) is 2.27. The van der Waals surface area contributed by atoms with Crippen LogP contribution in [0.15, 0.2) is 47.1 Å². The first kappa shape index (κ1) is 13.4. The van der Waals surface area contributed by atoms with Crippen LogP contribution in [-0.2, 0) is 13.1 Å². The van der Waals surface area contributed by atoms with Crippen LogP contribution in [0.25, 0.3) is 0 Å². The lowest BCUT2D eigenvalue weighted by molar-refractivity contribution is 0.0923. The maximum absolute atomic E-state index is 11.8. The molecule has 0 unspecified atom stereocenters. The van der Waals surface area contributed by atoms with E-state index in [-0.39, 0.29) is 5.91 Å². The number of benzene rings is 1. The standard InChI is InChI=1S/C15H18N2O2/c1-17(2)11-13-7-4-3-6-12(13)10-16-15(18)14-8-5-9-19-14/h3-9H,10-11H2,1-2H3,(H,16,18). The number of nitrogens with one attached hydrogen (secondary N) is 1. The van der Waals surface area contributed by atoms with Crippen molar-refractivity contribution in [3.8, 4) is 0 Å². The number of furan rings is 1. The fourth-order valence-electron chi connectivity index (χ4n) is 1.90. The maximum Gasteiger partial charge on any atom is 0.287 e. The zero-order valence-corrected chi connectivity index (χ0v) is 11.2. The van der Waals surface area contributed by atoms with E-state index in [9.17, 15) is 4.79 Å². The molecule has 0 bridgehead atoms. The highest BCUT2D eigenvalue weighted by Crippen LogP contribution is 2.10. The van der Waals surface area contributed by atoms with Gasteiger partial charge in [-0.1, -0.05) is 24.3 Å². The third kappa shape index (κ3) is 3.69. The van der Waals surface area contributed by atoms with Gasteiger partial charge in [0.15, 0.2) is 5.76 Å². The quantitative estimate of drug-likeness (QED) is 0.895. The Labute approximate surface area is 113 Å². The number of nitrogens with zero attached hydrogens (tertiary/aromatic N) is 1. The summed E-state index contributed by atoms with van der Waals surface area (Å²) in [6.07, 6.45) is 1.49. The molecular formula is C15H18N2O2. The Hall–Kier alpha value is -2.07. The number of amides is 1. The lowest BCUT2D eigenvalue weighted by Crippen LogP contribution is -2.23. The van der Waals surface area contributed by atoms with Crippen molar-refractivity contribution < 1.29 is 9.21 Å². The SMILES string of the molecule is CN(C)Cc1ccccc1CNC(=O)c1ccco1. The molecule has 0 saturated heterocycles. The largest absolute Gasteiger partial charge is 0.459 e. The van der Waals surface area contributed by atoms with Gasteiger partial charge in [0.25, 0.3) is 5.91 Å². The van der Waals surface area contributed by atoms with Crippen molar-refractivity contribution in [3.05, 3.63) is 59.5 Å². The van der Waals surface area contributed by atoms with Gasteiger partial charge in [-0.05, 0) is 37.4 Å². The van der Waals surface area contributed by atoms with Crippen molar-refractivity contribution in [1.29, 1.82) is 0 Å². The van der Waals surface area contributed by atoms with Gasteiger partial charge in [-0.25, -0.2) is 0 Å². The lowest BCUT2D eigenvalue weighted by atomic mass is 10.1. The van der Waals surface area contributed by atoms with Gasteiger partial charge in [-0.2, -0.15) is 0 Å². The topological polar surface area (TPSA) is 45.5 Å². The molecule has 0 fully saturated rings. The van der Waals surface area contributed by atoms with Crippen LogP contribution in [0.4, 0.5) is 0 Å². The van der Waals surface area contributed by atoms with Crippen LogP contribution in [0.1, 0.15) is 21.7 Å². The second-order valence-electron chi connectivity index (χ2n) is 4.67. The first-order valence-corrected chi connectivity index (χ1v) is 6.20. The zero-order chi connectivity index (χ0) is 13.7. The Morgan fingerprint density at radius 2 is 1.89 bits per heavy atom. The fourth-order valence-corrected chi connectivity index (χ4v) is 1.90. The van der Waals surface area contributed by atoms with Crippen molar-refractivity contribution in [2.75, 3.05) is 14.1 Å². The van der Waals surface area contributed by atoms with Crippen LogP contribution in [0, 0.1) is 0 Å². The summed E-state index contributed by atoms with van der Waals surface area (Å²) in [6.45, 7) is 1.36. The van der Waals surface area contributed by atoms with Crippen LogP contribution in [-0.4, -0.2) is 24.9 Å². The molecule has 0 aliphatic heterocycles. The van der Waals surface area contributed by atoms with Gasteiger partial charge in [-0.15, -0.1) is 0 Å². The van der Waals surface area contributed by atoms with Gasteiger partial charge < -0.3 is 14.6 Å². The molecule has 100 valence electrons. The van der Waals surface area contributed by atoms with Gasteiger partial charge in [-0.3, -0.25) is 4.79 Å². The Morgan fingerprint density at radius 1 is 1.16 bits per heavy atom. The van der Waals surface area contributed by atoms with E-state index in [1.54, 1.807) is 12.1 Å². The molecule has 4 heteroatoms. The van der Waals surface area contributed by atoms with Crippen LogP contribution >= 0.6 is 0 Å². The first-order chi connectivity index (χ1) is 9.16. The van der Waals surface area contributed by atoms with Crippen LogP contribution < -0.4 is 5.32 Å². The third-order valence-corrected chi connectivity index (χ3v) is 2.79. The number of carbonyl (C=O) groups excluding carboxylic acids is 1. The summed E-state index contributed by atoms with van der Waals surface area (Å²) in [5.74, 6) is 0.148. The minimum Gasteiger partial charge on any atom is -0.459 e. The summed E-state index contributed by atoms with van der Waals surface area (Å²) >= 11 is 0. The maximum atomic E-state index is 11.8. The molecule has 19 heavy (non-hydrogen) atoms. The zero-order valence-electron chi connectivity index (χ0n) is 11.2. The molecule has 1 N–H and O–H groups in total. The van der Waals surface area contributed by atoms with E-state index in [1.165, 1.54) is 11.8 Å². The highest BCUT2D eigenvalue weighted by atomic mass is 16.3. The van der Waals surface area contributed by atoms with Crippen LogP contribution in [0.2, 0.25) is 0 Å². The van der Waals surface area contributed by atoms with Gasteiger partial charge in [0, 0.05) is 13.1 Å². The normalized spacial score (nSPS) is 10.7. The van der Waals surface area contributed by atoms with Crippen LogP contribution in [0.5, 0.6) is 0 Å². The highest BCUT2D eigenvalue weighted by molar-refractivity contribution is 5.91. The minimum absolute atomic E-state index is 0.190. The van der Waals surface area contributed by atoms with Gasteiger partial charge in [0.2, 0.25) is 0 Å². The summed E-state index contributed by atoms with van der Waals surface area (Å²) in [4.78, 5) is 13.9. The van der Waals surface area contributed by atoms with Gasteiger partial charge in [0.1, 0.15) is 0 Å². The molecule has 1 aromatic carbocycles. The summed E-state index contributed by atoms with van der Waals surface area (Å²) in [6, 6.07) is 11.5. The molecule has 0 aliphatic rings. The minimum atomic E-state index is -0.190. The Morgan fingerprint density at radius 3 is 2.53 bits per heavy atom. The number of hydrogen-bond donors (Lipinski definition) is 1. The Balaban J connectivity index is 2.01. The second kappa shape index (κ2) is 6.20. The average Bonchev–Trinajstić information content (AvgIpc) is 2.90.